The highest BCUT2D eigenvalue weighted by molar-refractivity contribution is 9.11. The SMILES string of the molecule is CC(C)NCCC1(Oc2ccc(Br)cc2Br)CCC1. The van der Waals surface area contributed by atoms with E-state index in [4.69, 9.17) is 4.74 Å². The number of benzene rings is 1. The zero-order valence-electron chi connectivity index (χ0n) is 11.5. The lowest BCUT2D eigenvalue weighted by Crippen LogP contribution is -2.46. The zero-order chi connectivity index (χ0) is 13.9. The van der Waals surface area contributed by atoms with Crippen LogP contribution in [-0.2, 0) is 0 Å². The molecule has 1 saturated carbocycles. The van der Waals surface area contributed by atoms with Crippen LogP contribution in [0, 0.1) is 0 Å². The molecule has 0 atom stereocenters. The highest BCUT2D eigenvalue weighted by Gasteiger charge is 2.39. The van der Waals surface area contributed by atoms with Crippen molar-refractivity contribution in [1.82, 2.24) is 5.32 Å². The fraction of sp³-hybridized carbons (Fsp3) is 0.600. The number of hydrogen-bond acceptors (Lipinski definition) is 2. The predicted molar refractivity (Wildman–Crippen MR) is 86.8 cm³/mol. The third-order valence-corrected chi connectivity index (χ3v) is 4.73. The molecule has 0 radical (unpaired) electrons. The first-order valence-corrected chi connectivity index (χ1v) is 8.47. The molecule has 1 fully saturated rings. The van der Waals surface area contributed by atoms with E-state index >= 15 is 0 Å². The molecule has 1 N–H and O–H groups in total. The van der Waals surface area contributed by atoms with E-state index in [-0.39, 0.29) is 5.60 Å². The Balaban J connectivity index is 1.98. The molecule has 0 amide bonds. The maximum Gasteiger partial charge on any atom is 0.134 e. The first-order chi connectivity index (χ1) is 9.01. The van der Waals surface area contributed by atoms with E-state index in [1.807, 2.05) is 18.2 Å². The maximum absolute atomic E-state index is 6.30. The number of halogens is 2. The van der Waals surface area contributed by atoms with Crippen molar-refractivity contribution >= 4 is 31.9 Å². The van der Waals surface area contributed by atoms with Gasteiger partial charge in [0.25, 0.3) is 0 Å². The van der Waals surface area contributed by atoms with E-state index in [0.717, 1.165) is 40.5 Å². The Morgan fingerprint density at radius 2 is 2.05 bits per heavy atom. The molecule has 0 saturated heterocycles. The van der Waals surface area contributed by atoms with Gasteiger partial charge in [-0.3, -0.25) is 0 Å². The summed E-state index contributed by atoms with van der Waals surface area (Å²) >= 11 is 7.04. The van der Waals surface area contributed by atoms with Gasteiger partial charge in [0.15, 0.2) is 0 Å². The number of hydrogen-bond donors (Lipinski definition) is 1. The minimum Gasteiger partial charge on any atom is -0.486 e. The number of rotatable bonds is 6. The van der Waals surface area contributed by atoms with Crippen molar-refractivity contribution < 1.29 is 4.74 Å². The quantitative estimate of drug-likeness (QED) is 0.745. The molecule has 106 valence electrons. The fourth-order valence-electron chi connectivity index (χ4n) is 2.35. The molecule has 2 rings (SSSR count). The predicted octanol–water partition coefficient (Wildman–Crippen LogP) is 4.90. The van der Waals surface area contributed by atoms with Crippen molar-refractivity contribution in [2.24, 2.45) is 0 Å². The number of nitrogens with one attached hydrogen (secondary N) is 1. The Labute approximate surface area is 132 Å². The van der Waals surface area contributed by atoms with Crippen LogP contribution >= 0.6 is 31.9 Å². The monoisotopic (exact) mass is 389 g/mol. The Hall–Kier alpha value is -0.0600. The molecule has 1 aromatic rings. The van der Waals surface area contributed by atoms with Gasteiger partial charge in [-0.05, 0) is 66.4 Å². The molecule has 1 aliphatic carbocycles. The lowest BCUT2D eigenvalue weighted by Gasteiger charge is -2.42. The van der Waals surface area contributed by atoms with Crippen LogP contribution in [-0.4, -0.2) is 18.2 Å². The molecule has 0 spiro atoms. The first-order valence-electron chi connectivity index (χ1n) is 6.88. The summed E-state index contributed by atoms with van der Waals surface area (Å²) in [6.45, 7) is 5.38. The van der Waals surface area contributed by atoms with Crippen LogP contribution in [0.2, 0.25) is 0 Å². The first kappa shape index (κ1) is 15.3. The van der Waals surface area contributed by atoms with Crippen LogP contribution in [0.4, 0.5) is 0 Å². The summed E-state index contributed by atoms with van der Waals surface area (Å²) in [4.78, 5) is 0. The van der Waals surface area contributed by atoms with Crippen molar-refractivity contribution in [3.8, 4) is 5.75 Å². The van der Waals surface area contributed by atoms with Crippen LogP contribution in [0.25, 0.3) is 0 Å². The van der Waals surface area contributed by atoms with Gasteiger partial charge in [0.2, 0.25) is 0 Å². The van der Waals surface area contributed by atoms with E-state index in [1.54, 1.807) is 0 Å². The Morgan fingerprint density at radius 1 is 1.32 bits per heavy atom. The zero-order valence-corrected chi connectivity index (χ0v) is 14.7. The second kappa shape index (κ2) is 6.59. The Bertz CT molecular complexity index is 430. The Morgan fingerprint density at radius 3 is 2.58 bits per heavy atom. The maximum atomic E-state index is 6.30. The second-order valence-corrected chi connectivity index (χ2v) is 7.34. The van der Waals surface area contributed by atoms with Crippen LogP contribution in [0.5, 0.6) is 5.75 Å². The summed E-state index contributed by atoms with van der Waals surface area (Å²) in [5.41, 5.74) is 0.0399. The van der Waals surface area contributed by atoms with Crippen molar-refractivity contribution in [3.63, 3.8) is 0 Å². The summed E-state index contributed by atoms with van der Waals surface area (Å²) in [6, 6.07) is 6.63. The van der Waals surface area contributed by atoms with E-state index in [9.17, 15) is 0 Å². The summed E-state index contributed by atoms with van der Waals surface area (Å²) in [5, 5.41) is 3.48. The van der Waals surface area contributed by atoms with Crippen LogP contribution in [0.1, 0.15) is 39.5 Å². The van der Waals surface area contributed by atoms with E-state index < -0.39 is 0 Å². The molecule has 0 bridgehead atoms. The molecule has 2 nitrogen and oxygen atoms in total. The molecule has 19 heavy (non-hydrogen) atoms. The van der Waals surface area contributed by atoms with Crippen molar-refractivity contribution in [3.05, 3.63) is 27.1 Å². The summed E-state index contributed by atoms with van der Waals surface area (Å²) in [5.74, 6) is 0.951. The summed E-state index contributed by atoms with van der Waals surface area (Å²) < 4.78 is 8.38. The van der Waals surface area contributed by atoms with Gasteiger partial charge in [-0.2, -0.15) is 0 Å². The summed E-state index contributed by atoms with van der Waals surface area (Å²) in [7, 11) is 0. The highest BCUT2D eigenvalue weighted by atomic mass is 79.9. The summed E-state index contributed by atoms with van der Waals surface area (Å²) in [6.07, 6.45) is 4.67. The lowest BCUT2D eigenvalue weighted by molar-refractivity contribution is -0.0151. The van der Waals surface area contributed by atoms with Gasteiger partial charge in [-0.25, -0.2) is 0 Å². The standard InChI is InChI=1S/C15H21Br2NO/c1-11(2)18-9-8-15(6-3-7-15)19-14-5-4-12(16)10-13(14)17/h4-5,10-11,18H,3,6-9H2,1-2H3. The molecule has 0 aromatic heterocycles. The van der Waals surface area contributed by atoms with Gasteiger partial charge in [0, 0.05) is 10.5 Å². The molecule has 0 unspecified atom stereocenters. The Kier molecular flexibility index (Phi) is 5.32. The molecule has 0 aliphatic heterocycles. The van der Waals surface area contributed by atoms with Crippen LogP contribution in [0.15, 0.2) is 27.1 Å². The van der Waals surface area contributed by atoms with Gasteiger partial charge >= 0.3 is 0 Å². The lowest BCUT2D eigenvalue weighted by atomic mass is 9.77. The average Bonchev–Trinajstić information content (AvgIpc) is 2.28. The molecule has 0 heterocycles. The molecule has 1 aliphatic rings. The number of ether oxygens (including phenoxy) is 1. The topological polar surface area (TPSA) is 21.3 Å². The van der Waals surface area contributed by atoms with Crippen LogP contribution in [0.3, 0.4) is 0 Å². The smallest absolute Gasteiger partial charge is 0.134 e. The largest absolute Gasteiger partial charge is 0.486 e. The van der Waals surface area contributed by atoms with E-state index in [0.29, 0.717) is 6.04 Å². The van der Waals surface area contributed by atoms with Crippen LogP contribution < -0.4 is 10.1 Å². The van der Waals surface area contributed by atoms with Gasteiger partial charge < -0.3 is 10.1 Å². The molecule has 4 heteroatoms. The minimum absolute atomic E-state index is 0.0399. The normalized spacial score (nSPS) is 17.3. The highest BCUT2D eigenvalue weighted by Crippen LogP contribution is 2.41. The minimum atomic E-state index is 0.0399. The fourth-order valence-corrected chi connectivity index (χ4v) is 3.48. The van der Waals surface area contributed by atoms with Gasteiger partial charge in [0.1, 0.15) is 11.4 Å². The molecule has 1 aromatic carbocycles. The van der Waals surface area contributed by atoms with Gasteiger partial charge in [0.05, 0.1) is 4.47 Å². The van der Waals surface area contributed by atoms with E-state index in [1.165, 1.54) is 6.42 Å². The molecular weight excluding hydrogens is 370 g/mol. The molecular formula is C15H21Br2NO. The van der Waals surface area contributed by atoms with Crippen molar-refractivity contribution in [2.75, 3.05) is 6.54 Å². The average molecular weight is 391 g/mol. The third-order valence-electron chi connectivity index (χ3n) is 3.62. The van der Waals surface area contributed by atoms with Gasteiger partial charge in [-0.15, -0.1) is 0 Å². The second-order valence-electron chi connectivity index (χ2n) is 5.57. The van der Waals surface area contributed by atoms with Crippen molar-refractivity contribution in [2.45, 2.75) is 51.2 Å². The van der Waals surface area contributed by atoms with E-state index in [2.05, 4.69) is 51.0 Å². The van der Waals surface area contributed by atoms with Gasteiger partial charge in [-0.1, -0.05) is 29.8 Å². The van der Waals surface area contributed by atoms with Crippen molar-refractivity contribution in [1.29, 1.82) is 0 Å². The third kappa shape index (κ3) is 4.20.